The largest absolute Gasteiger partial charge is 0.340 e. The van der Waals surface area contributed by atoms with Crippen molar-refractivity contribution in [1.82, 2.24) is 24.4 Å². The van der Waals surface area contributed by atoms with E-state index < -0.39 is 5.69 Å². The van der Waals surface area contributed by atoms with Crippen LogP contribution in [0.2, 0.25) is 0 Å². The number of hydrogen-bond donors (Lipinski definition) is 2. The molecule has 2 aromatic rings. The van der Waals surface area contributed by atoms with Gasteiger partial charge < -0.3 is 10.2 Å². The number of aromatic nitrogens is 4. The third-order valence-electron chi connectivity index (χ3n) is 3.51. The zero-order chi connectivity index (χ0) is 13.6. The molecule has 1 saturated heterocycles. The number of nitrogens with zero attached hydrogens (tertiary/aromatic N) is 4. The van der Waals surface area contributed by atoms with Crippen molar-refractivity contribution in [1.29, 1.82) is 0 Å². The topological polar surface area (TPSA) is 87.9 Å². The van der Waals surface area contributed by atoms with E-state index in [-0.39, 0.29) is 5.56 Å². The van der Waals surface area contributed by atoms with Crippen LogP contribution in [0.4, 0.5) is 5.95 Å². The van der Waals surface area contributed by atoms with Crippen molar-refractivity contribution in [2.45, 2.75) is 0 Å². The van der Waals surface area contributed by atoms with Gasteiger partial charge >= 0.3 is 5.69 Å². The van der Waals surface area contributed by atoms with Crippen LogP contribution in [0.25, 0.3) is 11.2 Å². The molecule has 0 saturated carbocycles. The molecule has 8 nitrogen and oxygen atoms in total. The first-order chi connectivity index (χ1) is 9.09. The molecule has 0 unspecified atom stereocenters. The van der Waals surface area contributed by atoms with Gasteiger partial charge in [0.15, 0.2) is 5.52 Å². The van der Waals surface area contributed by atoms with Gasteiger partial charge in [0.2, 0.25) is 5.95 Å². The highest BCUT2D eigenvalue weighted by Crippen LogP contribution is 2.16. The van der Waals surface area contributed by atoms with Crippen LogP contribution in [-0.4, -0.2) is 45.3 Å². The average molecular weight is 264 g/mol. The fourth-order valence-corrected chi connectivity index (χ4v) is 2.36. The number of piperazine rings is 1. The number of anilines is 1. The van der Waals surface area contributed by atoms with E-state index in [0.29, 0.717) is 11.2 Å². The number of rotatable bonds is 1. The lowest BCUT2D eigenvalue weighted by Gasteiger charge is -2.28. The van der Waals surface area contributed by atoms with Crippen LogP contribution in [0.15, 0.2) is 9.59 Å². The second kappa shape index (κ2) is 4.23. The van der Waals surface area contributed by atoms with Crippen LogP contribution < -0.4 is 21.5 Å². The molecule has 3 heterocycles. The molecule has 0 aliphatic carbocycles. The standard InChI is InChI=1S/C11H16N6O2/c1-15-8-7(9(18)16(2)11(19)14-8)13-10(15)17-5-3-12-4-6-17/h12H,3-6H2,1-2H3,(H,14,19). The van der Waals surface area contributed by atoms with Crippen LogP contribution in [0.1, 0.15) is 0 Å². The molecular formula is C11H16N6O2. The van der Waals surface area contributed by atoms with E-state index in [9.17, 15) is 9.59 Å². The molecule has 2 aromatic heterocycles. The Kier molecular flexibility index (Phi) is 2.67. The van der Waals surface area contributed by atoms with E-state index in [1.54, 1.807) is 4.57 Å². The Labute approximate surface area is 108 Å². The van der Waals surface area contributed by atoms with Gasteiger partial charge in [-0.25, -0.2) is 9.78 Å². The molecule has 19 heavy (non-hydrogen) atoms. The monoisotopic (exact) mass is 264 g/mol. The van der Waals surface area contributed by atoms with Crippen molar-refractivity contribution in [3.8, 4) is 0 Å². The molecule has 0 radical (unpaired) electrons. The third-order valence-corrected chi connectivity index (χ3v) is 3.51. The average Bonchev–Trinajstić information content (AvgIpc) is 2.75. The van der Waals surface area contributed by atoms with Crippen LogP contribution in [0.3, 0.4) is 0 Å². The van der Waals surface area contributed by atoms with Crippen LogP contribution in [0.5, 0.6) is 0 Å². The quantitative estimate of drug-likeness (QED) is 0.645. The van der Waals surface area contributed by atoms with Crippen molar-refractivity contribution in [2.75, 3.05) is 31.1 Å². The maximum absolute atomic E-state index is 12.0. The van der Waals surface area contributed by atoms with Gasteiger partial charge in [-0.2, -0.15) is 0 Å². The number of nitrogens with one attached hydrogen (secondary N) is 2. The van der Waals surface area contributed by atoms with Gasteiger partial charge in [0.25, 0.3) is 5.56 Å². The van der Waals surface area contributed by atoms with Gasteiger partial charge in [-0.05, 0) is 0 Å². The molecule has 3 rings (SSSR count). The predicted octanol–water partition coefficient (Wildman–Crippen LogP) is -1.63. The van der Waals surface area contributed by atoms with Crippen molar-refractivity contribution < 1.29 is 0 Å². The number of aryl methyl sites for hydroxylation is 1. The molecule has 0 amide bonds. The van der Waals surface area contributed by atoms with E-state index in [1.165, 1.54) is 7.05 Å². The van der Waals surface area contributed by atoms with E-state index in [4.69, 9.17) is 0 Å². The van der Waals surface area contributed by atoms with Crippen molar-refractivity contribution in [2.24, 2.45) is 14.1 Å². The number of aromatic amines is 1. The van der Waals surface area contributed by atoms with Gasteiger partial charge in [0.1, 0.15) is 5.65 Å². The highest BCUT2D eigenvalue weighted by atomic mass is 16.2. The zero-order valence-electron chi connectivity index (χ0n) is 10.9. The van der Waals surface area contributed by atoms with E-state index in [1.807, 2.05) is 7.05 Å². The second-order valence-corrected chi connectivity index (χ2v) is 4.70. The van der Waals surface area contributed by atoms with E-state index in [0.717, 1.165) is 36.7 Å². The SMILES string of the molecule is Cn1c(=O)[nH]c2c(nc(N3CCNCC3)n2C)c1=O. The summed E-state index contributed by atoms with van der Waals surface area (Å²) in [5, 5.41) is 3.26. The maximum Gasteiger partial charge on any atom is 0.329 e. The minimum absolute atomic E-state index is 0.304. The lowest BCUT2D eigenvalue weighted by atomic mass is 10.4. The van der Waals surface area contributed by atoms with E-state index in [2.05, 4.69) is 20.2 Å². The smallest absolute Gasteiger partial charge is 0.329 e. The Morgan fingerprint density at radius 1 is 1.11 bits per heavy atom. The first-order valence-electron chi connectivity index (χ1n) is 6.21. The summed E-state index contributed by atoms with van der Waals surface area (Å²) >= 11 is 0. The molecule has 0 aromatic carbocycles. The lowest BCUT2D eigenvalue weighted by molar-refractivity contribution is 0.575. The predicted molar refractivity (Wildman–Crippen MR) is 71.7 cm³/mol. The van der Waals surface area contributed by atoms with Gasteiger partial charge in [-0.1, -0.05) is 0 Å². The van der Waals surface area contributed by atoms with Crippen LogP contribution >= 0.6 is 0 Å². The highest BCUT2D eigenvalue weighted by molar-refractivity contribution is 5.73. The fourth-order valence-electron chi connectivity index (χ4n) is 2.36. The summed E-state index contributed by atoms with van der Waals surface area (Å²) in [6, 6.07) is 0. The minimum Gasteiger partial charge on any atom is -0.340 e. The normalized spacial score (nSPS) is 16.2. The first-order valence-corrected chi connectivity index (χ1v) is 6.21. The summed E-state index contributed by atoms with van der Waals surface area (Å²) in [5.41, 5.74) is -0.0112. The highest BCUT2D eigenvalue weighted by Gasteiger charge is 2.19. The van der Waals surface area contributed by atoms with Crippen molar-refractivity contribution in [3.63, 3.8) is 0 Å². The molecule has 8 heteroatoms. The lowest BCUT2D eigenvalue weighted by Crippen LogP contribution is -2.44. The molecule has 2 N–H and O–H groups in total. The Morgan fingerprint density at radius 2 is 1.79 bits per heavy atom. The molecular weight excluding hydrogens is 248 g/mol. The van der Waals surface area contributed by atoms with E-state index >= 15 is 0 Å². The fraction of sp³-hybridized carbons (Fsp3) is 0.545. The maximum atomic E-state index is 12.0. The number of H-pyrrole nitrogens is 1. The van der Waals surface area contributed by atoms with Gasteiger partial charge in [0, 0.05) is 40.3 Å². The molecule has 0 bridgehead atoms. The Morgan fingerprint density at radius 3 is 2.47 bits per heavy atom. The van der Waals surface area contributed by atoms with Gasteiger partial charge in [0.05, 0.1) is 0 Å². The Balaban J connectivity index is 2.22. The Hall–Kier alpha value is -2.09. The van der Waals surface area contributed by atoms with Crippen LogP contribution in [0, 0.1) is 0 Å². The molecule has 1 fully saturated rings. The molecule has 1 aliphatic heterocycles. The number of fused-ring (bicyclic) bond motifs is 1. The summed E-state index contributed by atoms with van der Waals surface area (Å²) < 4.78 is 2.81. The second-order valence-electron chi connectivity index (χ2n) is 4.70. The summed E-state index contributed by atoms with van der Waals surface area (Å²) in [6.07, 6.45) is 0. The van der Waals surface area contributed by atoms with Crippen LogP contribution in [-0.2, 0) is 14.1 Å². The molecule has 0 spiro atoms. The van der Waals surface area contributed by atoms with Crippen molar-refractivity contribution in [3.05, 3.63) is 20.8 Å². The van der Waals surface area contributed by atoms with Gasteiger partial charge in [-0.3, -0.25) is 18.9 Å². The number of hydrogen-bond acceptors (Lipinski definition) is 5. The Bertz CT molecular complexity index is 734. The molecule has 102 valence electrons. The summed E-state index contributed by atoms with van der Waals surface area (Å²) in [7, 11) is 3.25. The van der Waals surface area contributed by atoms with Crippen molar-refractivity contribution >= 4 is 17.1 Å². The third kappa shape index (κ3) is 1.75. The number of imidazole rings is 1. The summed E-state index contributed by atoms with van der Waals surface area (Å²) in [4.78, 5) is 32.9. The zero-order valence-corrected chi connectivity index (χ0v) is 10.9. The summed E-state index contributed by atoms with van der Waals surface area (Å²) in [5.74, 6) is 0.718. The molecule has 1 aliphatic rings. The molecule has 0 atom stereocenters. The minimum atomic E-state index is -0.424. The first kappa shape index (κ1) is 12.0. The summed E-state index contributed by atoms with van der Waals surface area (Å²) in [6.45, 7) is 3.44. The van der Waals surface area contributed by atoms with Gasteiger partial charge in [-0.15, -0.1) is 0 Å².